The Morgan fingerprint density at radius 1 is 1.28 bits per heavy atom. The molecule has 0 aromatic heterocycles. The topological polar surface area (TPSA) is 15.3 Å². The lowest BCUT2D eigenvalue weighted by Crippen LogP contribution is -2.24. The van der Waals surface area contributed by atoms with E-state index in [9.17, 15) is 0 Å². The molecule has 0 aliphatic carbocycles. The first-order valence-corrected chi connectivity index (χ1v) is 7.24. The summed E-state index contributed by atoms with van der Waals surface area (Å²) >= 11 is 0. The molecule has 0 amide bonds. The van der Waals surface area contributed by atoms with Gasteiger partial charge in [0.1, 0.15) is 0 Å². The normalized spacial score (nSPS) is 24.4. The third kappa shape index (κ3) is 3.49. The van der Waals surface area contributed by atoms with Gasteiger partial charge in [-0.15, -0.1) is 0 Å². The van der Waals surface area contributed by atoms with E-state index in [2.05, 4.69) is 55.4 Å². The highest BCUT2D eigenvalue weighted by molar-refractivity contribution is 5.45. The molecule has 1 aliphatic heterocycles. The van der Waals surface area contributed by atoms with E-state index in [4.69, 9.17) is 0 Å². The van der Waals surface area contributed by atoms with Crippen LogP contribution in [0.5, 0.6) is 0 Å². The van der Waals surface area contributed by atoms with Crippen molar-refractivity contribution in [1.29, 1.82) is 0 Å². The van der Waals surface area contributed by atoms with Crippen molar-refractivity contribution in [2.24, 2.45) is 0 Å². The van der Waals surface area contributed by atoms with Crippen molar-refractivity contribution < 1.29 is 0 Å². The first kappa shape index (κ1) is 13.4. The molecule has 100 valence electrons. The third-order valence-corrected chi connectivity index (χ3v) is 4.03. The Bertz CT molecular complexity index is 348. The lowest BCUT2D eigenvalue weighted by atomic mass is 10.1. The molecular weight excluding hydrogens is 220 g/mol. The number of anilines is 1. The van der Waals surface area contributed by atoms with Crippen molar-refractivity contribution in [3.63, 3.8) is 0 Å². The van der Waals surface area contributed by atoms with Crippen LogP contribution < -0.4 is 5.32 Å². The van der Waals surface area contributed by atoms with Crippen LogP contribution in [0.4, 0.5) is 5.69 Å². The van der Waals surface area contributed by atoms with Crippen molar-refractivity contribution in [2.75, 3.05) is 18.9 Å². The maximum absolute atomic E-state index is 3.64. The molecule has 2 rings (SSSR count). The molecule has 2 heteroatoms. The van der Waals surface area contributed by atoms with E-state index in [0.29, 0.717) is 12.1 Å². The van der Waals surface area contributed by atoms with Crippen LogP contribution >= 0.6 is 0 Å². The number of hydrogen-bond donors (Lipinski definition) is 1. The van der Waals surface area contributed by atoms with Crippen LogP contribution in [0.2, 0.25) is 0 Å². The minimum atomic E-state index is 0.603. The maximum Gasteiger partial charge on any atom is 0.0403 e. The summed E-state index contributed by atoms with van der Waals surface area (Å²) in [4.78, 5) is 2.42. The fourth-order valence-corrected chi connectivity index (χ4v) is 2.68. The quantitative estimate of drug-likeness (QED) is 0.855. The minimum Gasteiger partial charge on any atom is -0.381 e. The average molecular weight is 246 g/mol. The molecule has 1 N–H and O–H groups in total. The lowest BCUT2D eigenvalue weighted by Gasteiger charge is -2.14. The molecular formula is C16H26N2. The van der Waals surface area contributed by atoms with Crippen molar-refractivity contribution in [2.45, 2.75) is 51.6 Å². The van der Waals surface area contributed by atoms with Crippen LogP contribution in [-0.4, -0.2) is 30.6 Å². The van der Waals surface area contributed by atoms with E-state index in [0.717, 1.165) is 6.54 Å². The molecule has 2 unspecified atom stereocenters. The maximum atomic E-state index is 3.64. The van der Waals surface area contributed by atoms with Crippen molar-refractivity contribution in [3.05, 3.63) is 29.8 Å². The van der Waals surface area contributed by atoms with Gasteiger partial charge >= 0.3 is 0 Å². The number of aryl methyl sites for hydroxylation is 1. The van der Waals surface area contributed by atoms with E-state index in [1.54, 1.807) is 0 Å². The molecule has 2 nitrogen and oxygen atoms in total. The first-order chi connectivity index (χ1) is 8.69. The van der Waals surface area contributed by atoms with Gasteiger partial charge in [0.2, 0.25) is 0 Å². The lowest BCUT2D eigenvalue weighted by molar-refractivity contribution is 0.330. The standard InChI is InChI=1S/C16H26N2/c1-4-5-6-14-7-9-15(10-8-14)17-16-11-13(2)18(3)12-16/h7-10,13,16-17H,4-6,11-12H2,1-3H3. The molecule has 0 saturated carbocycles. The Kier molecular flexibility index (Phi) is 4.65. The highest BCUT2D eigenvalue weighted by Crippen LogP contribution is 2.20. The van der Waals surface area contributed by atoms with Gasteiger partial charge in [-0.3, -0.25) is 0 Å². The zero-order valence-electron chi connectivity index (χ0n) is 11.9. The molecule has 1 aromatic carbocycles. The van der Waals surface area contributed by atoms with Gasteiger partial charge < -0.3 is 10.2 Å². The molecule has 18 heavy (non-hydrogen) atoms. The number of likely N-dealkylation sites (tertiary alicyclic amines) is 1. The number of nitrogens with zero attached hydrogens (tertiary/aromatic N) is 1. The van der Waals surface area contributed by atoms with Crippen LogP contribution in [0.1, 0.15) is 38.7 Å². The van der Waals surface area contributed by atoms with Gasteiger partial charge in [-0.05, 0) is 50.9 Å². The molecule has 1 fully saturated rings. The Morgan fingerprint density at radius 3 is 2.56 bits per heavy atom. The fraction of sp³-hybridized carbons (Fsp3) is 0.625. The zero-order chi connectivity index (χ0) is 13.0. The molecule has 1 saturated heterocycles. The summed E-state index contributed by atoms with van der Waals surface area (Å²) < 4.78 is 0. The number of nitrogens with one attached hydrogen (secondary N) is 1. The van der Waals surface area contributed by atoms with Crippen LogP contribution in [0, 0.1) is 0 Å². The van der Waals surface area contributed by atoms with Crippen LogP contribution in [0.25, 0.3) is 0 Å². The van der Waals surface area contributed by atoms with Crippen LogP contribution in [0.3, 0.4) is 0 Å². The van der Waals surface area contributed by atoms with E-state index in [1.165, 1.54) is 36.9 Å². The van der Waals surface area contributed by atoms with Gasteiger partial charge in [0, 0.05) is 24.3 Å². The molecule has 1 heterocycles. The van der Waals surface area contributed by atoms with Gasteiger partial charge in [-0.1, -0.05) is 25.5 Å². The summed E-state index contributed by atoms with van der Waals surface area (Å²) in [5, 5.41) is 3.64. The zero-order valence-corrected chi connectivity index (χ0v) is 11.9. The molecule has 2 atom stereocenters. The number of rotatable bonds is 5. The summed E-state index contributed by atoms with van der Waals surface area (Å²) in [6.45, 7) is 5.70. The van der Waals surface area contributed by atoms with Crippen LogP contribution in [-0.2, 0) is 6.42 Å². The van der Waals surface area contributed by atoms with Gasteiger partial charge in [0.05, 0.1) is 0 Å². The second-order valence-corrected chi connectivity index (χ2v) is 5.67. The van der Waals surface area contributed by atoms with Crippen molar-refractivity contribution >= 4 is 5.69 Å². The Labute approximate surface area is 111 Å². The highest BCUT2D eigenvalue weighted by Gasteiger charge is 2.25. The van der Waals surface area contributed by atoms with Crippen LogP contribution in [0.15, 0.2) is 24.3 Å². The number of unbranched alkanes of at least 4 members (excludes halogenated alkanes) is 1. The summed E-state index contributed by atoms with van der Waals surface area (Å²) in [7, 11) is 2.21. The Balaban J connectivity index is 1.86. The second-order valence-electron chi connectivity index (χ2n) is 5.67. The molecule has 0 spiro atoms. The fourth-order valence-electron chi connectivity index (χ4n) is 2.68. The SMILES string of the molecule is CCCCc1ccc(NC2CC(C)N(C)C2)cc1. The smallest absolute Gasteiger partial charge is 0.0403 e. The average Bonchev–Trinajstić information content (AvgIpc) is 2.67. The molecule has 0 radical (unpaired) electrons. The molecule has 1 aliphatic rings. The summed E-state index contributed by atoms with van der Waals surface area (Å²) in [5.41, 5.74) is 2.72. The van der Waals surface area contributed by atoms with Gasteiger partial charge in [-0.2, -0.15) is 0 Å². The van der Waals surface area contributed by atoms with E-state index in [-0.39, 0.29) is 0 Å². The first-order valence-electron chi connectivity index (χ1n) is 7.24. The number of likely N-dealkylation sites (N-methyl/N-ethyl adjacent to an activating group) is 1. The predicted octanol–water partition coefficient (Wildman–Crippen LogP) is 3.53. The Morgan fingerprint density at radius 2 is 2.00 bits per heavy atom. The third-order valence-electron chi connectivity index (χ3n) is 4.03. The number of hydrogen-bond acceptors (Lipinski definition) is 2. The highest BCUT2D eigenvalue weighted by atomic mass is 15.2. The predicted molar refractivity (Wildman–Crippen MR) is 79.2 cm³/mol. The molecule has 1 aromatic rings. The summed E-state index contributed by atoms with van der Waals surface area (Å²) in [5.74, 6) is 0. The number of benzene rings is 1. The second kappa shape index (κ2) is 6.24. The van der Waals surface area contributed by atoms with Gasteiger partial charge in [0.25, 0.3) is 0 Å². The monoisotopic (exact) mass is 246 g/mol. The largest absolute Gasteiger partial charge is 0.381 e. The van der Waals surface area contributed by atoms with Crippen molar-refractivity contribution in [1.82, 2.24) is 4.90 Å². The summed E-state index contributed by atoms with van der Waals surface area (Å²) in [6.07, 6.45) is 5.01. The minimum absolute atomic E-state index is 0.603. The van der Waals surface area contributed by atoms with Gasteiger partial charge in [0.15, 0.2) is 0 Å². The van der Waals surface area contributed by atoms with E-state index >= 15 is 0 Å². The van der Waals surface area contributed by atoms with Gasteiger partial charge in [-0.25, -0.2) is 0 Å². The molecule has 0 bridgehead atoms. The van der Waals surface area contributed by atoms with Crippen molar-refractivity contribution in [3.8, 4) is 0 Å². The Hall–Kier alpha value is -1.02. The van der Waals surface area contributed by atoms with E-state index < -0.39 is 0 Å². The van der Waals surface area contributed by atoms with E-state index in [1.807, 2.05) is 0 Å². The summed E-state index contributed by atoms with van der Waals surface area (Å²) in [6, 6.07) is 10.3.